The van der Waals surface area contributed by atoms with Crippen molar-refractivity contribution in [1.29, 1.82) is 0 Å². The van der Waals surface area contributed by atoms with Gasteiger partial charge in [0.25, 0.3) is 0 Å². The number of halogens is 1. The van der Waals surface area contributed by atoms with E-state index in [1.54, 1.807) is 5.54 Å². The van der Waals surface area contributed by atoms with Crippen molar-refractivity contribution in [3.05, 3.63) is 11.6 Å². The minimum atomic E-state index is 0.618. The first-order chi connectivity index (χ1) is 5.33. The molecule has 1 fully saturated rings. The van der Waals surface area contributed by atoms with Crippen LogP contribution in [0.25, 0.3) is 0 Å². The Balaban J connectivity index is 2.22. The predicted molar refractivity (Wildman–Crippen MR) is 48.9 cm³/mol. The molecule has 64 valence electrons. The van der Waals surface area contributed by atoms with Crippen LogP contribution < -0.4 is 5.32 Å². The van der Waals surface area contributed by atoms with E-state index in [1.165, 1.54) is 0 Å². The van der Waals surface area contributed by atoms with E-state index in [4.69, 9.17) is 11.6 Å². The topological polar surface area (TPSA) is 15.3 Å². The molecule has 0 saturated carbocycles. The molecule has 0 bridgehead atoms. The highest BCUT2D eigenvalue weighted by molar-refractivity contribution is 6.25. The molecule has 1 heterocycles. The summed E-state index contributed by atoms with van der Waals surface area (Å²) in [5.74, 6) is 0. The highest BCUT2D eigenvalue weighted by atomic mass is 35.5. The highest BCUT2D eigenvalue weighted by Gasteiger charge is 2.13. The molecular weight excluding hydrogens is 160 g/mol. The van der Waals surface area contributed by atoms with Crippen LogP contribution in [0.3, 0.4) is 0 Å². The lowest BCUT2D eigenvalue weighted by atomic mass is 10.2. The smallest absolute Gasteiger partial charge is 0.0175 e. The Kier molecular flexibility index (Phi) is 3.91. The lowest BCUT2D eigenvalue weighted by Crippen LogP contribution is -2.49. The number of hydrogen-bond acceptors (Lipinski definition) is 2. The summed E-state index contributed by atoms with van der Waals surface area (Å²) in [5.41, 5.74) is 1.59. The Morgan fingerprint density at radius 2 is 2.55 bits per heavy atom. The Morgan fingerprint density at radius 1 is 1.73 bits per heavy atom. The SMILES string of the molecule is CC1CN(C/C=C/Cl)CCN1. The lowest BCUT2D eigenvalue weighted by Gasteiger charge is -2.30. The van der Waals surface area contributed by atoms with Gasteiger partial charge in [-0.3, -0.25) is 4.90 Å². The van der Waals surface area contributed by atoms with Crippen molar-refractivity contribution >= 4 is 11.6 Å². The Morgan fingerprint density at radius 3 is 3.18 bits per heavy atom. The third-order valence-electron chi connectivity index (χ3n) is 1.91. The zero-order valence-electron chi connectivity index (χ0n) is 6.89. The molecule has 1 saturated heterocycles. The summed E-state index contributed by atoms with van der Waals surface area (Å²) >= 11 is 5.43. The summed E-state index contributed by atoms with van der Waals surface area (Å²) < 4.78 is 0. The zero-order valence-corrected chi connectivity index (χ0v) is 7.64. The van der Waals surface area contributed by atoms with Crippen LogP contribution in [0.2, 0.25) is 0 Å². The van der Waals surface area contributed by atoms with E-state index in [0.29, 0.717) is 6.04 Å². The fraction of sp³-hybridized carbons (Fsp3) is 0.750. The summed E-state index contributed by atoms with van der Waals surface area (Å²) in [6.07, 6.45) is 1.99. The van der Waals surface area contributed by atoms with E-state index >= 15 is 0 Å². The van der Waals surface area contributed by atoms with Crippen LogP contribution in [0.15, 0.2) is 11.6 Å². The quantitative estimate of drug-likeness (QED) is 0.673. The van der Waals surface area contributed by atoms with E-state index in [1.807, 2.05) is 6.08 Å². The Bertz CT molecular complexity index is 136. The van der Waals surface area contributed by atoms with Crippen molar-refractivity contribution in [2.24, 2.45) is 0 Å². The number of hydrogen-bond donors (Lipinski definition) is 1. The second-order valence-electron chi connectivity index (χ2n) is 2.98. The fourth-order valence-corrected chi connectivity index (χ4v) is 1.45. The summed E-state index contributed by atoms with van der Waals surface area (Å²) in [6.45, 7) is 6.54. The van der Waals surface area contributed by atoms with Gasteiger partial charge in [0.1, 0.15) is 0 Å². The first-order valence-electron chi connectivity index (χ1n) is 4.04. The molecule has 1 aliphatic heterocycles. The molecule has 1 N–H and O–H groups in total. The fourth-order valence-electron chi connectivity index (χ4n) is 1.37. The Hall–Kier alpha value is -0.0500. The molecule has 0 aromatic heterocycles. The van der Waals surface area contributed by atoms with Gasteiger partial charge in [-0.15, -0.1) is 0 Å². The maximum atomic E-state index is 5.43. The van der Waals surface area contributed by atoms with Gasteiger partial charge in [0.15, 0.2) is 0 Å². The van der Waals surface area contributed by atoms with Crippen LogP contribution in [0.5, 0.6) is 0 Å². The van der Waals surface area contributed by atoms with Crippen molar-refractivity contribution in [3.63, 3.8) is 0 Å². The van der Waals surface area contributed by atoms with Gasteiger partial charge in [0.2, 0.25) is 0 Å². The highest BCUT2D eigenvalue weighted by Crippen LogP contribution is 1.98. The average Bonchev–Trinajstić information content (AvgIpc) is 2.01. The first kappa shape index (κ1) is 9.04. The average molecular weight is 175 g/mol. The monoisotopic (exact) mass is 174 g/mol. The van der Waals surface area contributed by atoms with Gasteiger partial charge < -0.3 is 5.32 Å². The maximum Gasteiger partial charge on any atom is 0.0175 e. The summed E-state index contributed by atoms with van der Waals surface area (Å²) in [6, 6.07) is 0.618. The number of piperazine rings is 1. The lowest BCUT2D eigenvalue weighted by molar-refractivity contribution is 0.226. The van der Waals surface area contributed by atoms with E-state index in [2.05, 4.69) is 17.1 Å². The van der Waals surface area contributed by atoms with Crippen LogP contribution >= 0.6 is 11.6 Å². The first-order valence-corrected chi connectivity index (χ1v) is 4.47. The largest absolute Gasteiger partial charge is 0.312 e. The van der Waals surface area contributed by atoms with E-state index < -0.39 is 0 Å². The number of nitrogens with one attached hydrogen (secondary N) is 1. The molecule has 3 heteroatoms. The van der Waals surface area contributed by atoms with Gasteiger partial charge in [-0.1, -0.05) is 17.7 Å². The normalized spacial score (nSPS) is 28.0. The third-order valence-corrected chi connectivity index (χ3v) is 2.08. The minimum absolute atomic E-state index is 0.618. The van der Waals surface area contributed by atoms with Gasteiger partial charge in [0, 0.05) is 37.8 Å². The van der Waals surface area contributed by atoms with Crippen LogP contribution in [0.4, 0.5) is 0 Å². The second kappa shape index (κ2) is 4.75. The van der Waals surface area contributed by atoms with Gasteiger partial charge in [0.05, 0.1) is 0 Å². The molecule has 0 amide bonds. The van der Waals surface area contributed by atoms with Crippen molar-refractivity contribution in [3.8, 4) is 0 Å². The van der Waals surface area contributed by atoms with Crippen LogP contribution in [-0.4, -0.2) is 37.1 Å². The van der Waals surface area contributed by atoms with Crippen molar-refractivity contribution in [2.75, 3.05) is 26.2 Å². The van der Waals surface area contributed by atoms with E-state index in [-0.39, 0.29) is 0 Å². The molecule has 0 radical (unpaired) electrons. The van der Waals surface area contributed by atoms with Gasteiger partial charge in [-0.05, 0) is 6.92 Å². The third kappa shape index (κ3) is 3.23. The molecule has 1 rings (SSSR count). The molecule has 0 aromatic carbocycles. The number of nitrogens with zero attached hydrogens (tertiary/aromatic N) is 1. The molecule has 0 spiro atoms. The van der Waals surface area contributed by atoms with Crippen molar-refractivity contribution in [2.45, 2.75) is 13.0 Å². The molecule has 1 unspecified atom stereocenters. The molecule has 2 nitrogen and oxygen atoms in total. The molecule has 1 aliphatic rings. The van der Waals surface area contributed by atoms with Crippen LogP contribution in [-0.2, 0) is 0 Å². The molecule has 0 aromatic rings. The Labute approximate surface area is 73.2 Å². The van der Waals surface area contributed by atoms with Gasteiger partial charge in [-0.2, -0.15) is 0 Å². The minimum Gasteiger partial charge on any atom is -0.312 e. The summed E-state index contributed by atoms with van der Waals surface area (Å²) in [5, 5.41) is 3.39. The zero-order chi connectivity index (χ0) is 8.10. The molecular formula is C8H15ClN2. The van der Waals surface area contributed by atoms with Crippen LogP contribution in [0, 0.1) is 0 Å². The summed E-state index contributed by atoms with van der Waals surface area (Å²) in [4.78, 5) is 2.39. The van der Waals surface area contributed by atoms with E-state index in [0.717, 1.165) is 26.2 Å². The maximum absolute atomic E-state index is 5.43. The predicted octanol–water partition coefficient (Wildman–Crippen LogP) is 1.03. The second-order valence-corrected chi connectivity index (χ2v) is 3.23. The molecule has 0 aliphatic carbocycles. The summed E-state index contributed by atoms with van der Waals surface area (Å²) in [7, 11) is 0. The number of rotatable bonds is 2. The van der Waals surface area contributed by atoms with Gasteiger partial charge >= 0.3 is 0 Å². The van der Waals surface area contributed by atoms with Crippen molar-refractivity contribution < 1.29 is 0 Å². The van der Waals surface area contributed by atoms with Crippen LogP contribution in [0.1, 0.15) is 6.92 Å². The van der Waals surface area contributed by atoms with Gasteiger partial charge in [-0.25, -0.2) is 0 Å². The molecule has 11 heavy (non-hydrogen) atoms. The van der Waals surface area contributed by atoms with E-state index in [9.17, 15) is 0 Å². The van der Waals surface area contributed by atoms with Crippen molar-refractivity contribution in [1.82, 2.24) is 10.2 Å². The standard InChI is InChI=1S/C8H15ClN2/c1-8-7-11(5-2-3-9)6-4-10-8/h2-3,8,10H,4-7H2,1H3/b3-2+. The molecule has 1 atom stereocenters.